The molecule has 1 aromatic rings. The summed E-state index contributed by atoms with van der Waals surface area (Å²) >= 11 is 0. The standard InChI is InChI=1S/C15H24N2O5/c18-10-6-17(7-11-19,8-12-20)9-13-22-15(21)16-14-4-2-1-3-5-14/h1-5,18-20H,6-13H2/p+1. The molecule has 4 N–H and O–H groups in total. The number of aliphatic hydroxyl groups excluding tert-OH is 3. The summed E-state index contributed by atoms with van der Waals surface area (Å²) in [6.45, 7) is 1.56. The predicted octanol–water partition coefficient (Wildman–Crippen LogP) is 0.0288. The van der Waals surface area contributed by atoms with Crippen LogP contribution in [0, 0.1) is 0 Å². The fourth-order valence-corrected chi connectivity index (χ4v) is 2.31. The summed E-state index contributed by atoms with van der Waals surface area (Å²) in [4.78, 5) is 11.7. The highest BCUT2D eigenvalue weighted by Gasteiger charge is 2.26. The average Bonchev–Trinajstić information content (AvgIpc) is 2.49. The van der Waals surface area contributed by atoms with Crippen LogP contribution in [0.5, 0.6) is 0 Å². The van der Waals surface area contributed by atoms with E-state index < -0.39 is 6.09 Å². The molecule has 1 amide bonds. The van der Waals surface area contributed by atoms with E-state index in [4.69, 9.17) is 20.1 Å². The molecule has 0 aliphatic heterocycles. The van der Waals surface area contributed by atoms with Gasteiger partial charge in [0, 0.05) is 5.69 Å². The van der Waals surface area contributed by atoms with Gasteiger partial charge in [-0.2, -0.15) is 0 Å². The Balaban J connectivity index is 2.45. The minimum atomic E-state index is -0.554. The zero-order valence-corrected chi connectivity index (χ0v) is 12.6. The Bertz CT molecular complexity index is 410. The SMILES string of the molecule is O=C(Nc1ccccc1)OCC[N+](CCO)(CCO)CCO. The monoisotopic (exact) mass is 313 g/mol. The van der Waals surface area contributed by atoms with Gasteiger partial charge in [-0.1, -0.05) is 18.2 Å². The van der Waals surface area contributed by atoms with Crippen LogP contribution in [0.2, 0.25) is 0 Å². The number of carbonyl (C=O) groups excluding carboxylic acids is 1. The number of hydrogen-bond donors (Lipinski definition) is 4. The molecule has 0 aromatic heterocycles. The summed E-state index contributed by atoms with van der Waals surface area (Å²) in [6.07, 6.45) is -0.554. The van der Waals surface area contributed by atoms with E-state index in [2.05, 4.69) is 5.32 Å². The minimum Gasteiger partial charge on any atom is -0.443 e. The zero-order chi connectivity index (χ0) is 16.3. The van der Waals surface area contributed by atoms with E-state index in [-0.39, 0.29) is 26.4 Å². The van der Waals surface area contributed by atoms with Crippen molar-refractivity contribution in [2.24, 2.45) is 0 Å². The molecule has 1 aromatic carbocycles. The van der Waals surface area contributed by atoms with Crippen LogP contribution in [0.25, 0.3) is 0 Å². The normalized spacial score (nSPS) is 11.2. The van der Waals surface area contributed by atoms with Crippen LogP contribution >= 0.6 is 0 Å². The van der Waals surface area contributed by atoms with E-state index >= 15 is 0 Å². The molecule has 7 heteroatoms. The second kappa shape index (κ2) is 10.1. The van der Waals surface area contributed by atoms with Crippen molar-refractivity contribution in [3.8, 4) is 0 Å². The van der Waals surface area contributed by atoms with E-state index in [0.29, 0.717) is 36.3 Å². The molecule has 0 saturated carbocycles. The molecule has 0 heterocycles. The first-order valence-electron chi connectivity index (χ1n) is 7.32. The number of anilines is 1. The number of ether oxygens (including phenoxy) is 1. The number of benzene rings is 1. The fourth-order valence-electron chi connectivity index (χ4n) is 2.31. The van der Waals surface area contributed by atoms with Crippen molar-refractivity contribution in [3.63, 3.8) is 0 Å². The number of quaternary nitrogens is 1. The van der Waals surface area contributed by atoms with Crippen LogP contribution in [0.4, 0.5) is 10.5 Å². The van der Waals surface area contributed by atoms with Crippen LogP contribution in [0.3, 0.4) is 0 Å². The molecule has 0 unspecified atom stereocenters. The van der Waals surface area contributed by atoms with Crippen LogP contribution < -0.4 is 5.32 Å². The summed E-state index contributed by atoms with van der Waals surface area (Å²) in [6, 6.07) is 8.97. The first-order valence-corrected chi connectivity index (χ1v) is 7.32. The third-order valence-corrected chi connectivity index (χ3v) is 3.54. The van der Waals surface area contributed by atoms with E-state index in [9.17, 15) is 4.79 Å². The molecule has 0 saturated heterocycles. The van der Waals surface area contributed by atoms with Crippen molar-refractivity contribution in [2.75, 3.05) is 57.9 Å². The van der Waals surface area contributed by atoms with Crippen molar-refractivity contribution >= 4 is 11.8 Å². The molecule has 0 fully saturated rings. The van der Waals surface area contributed by atoms with Gasteiger partial charge in [0.2, 0.25) is 0 Å². The molecule has 22 heavy (non-hydrogen) atoms. The number of para-hydroxylation sites is 1. The zero-order valence-electron chi connectivity index (χ0n) is 12.6. The van der Waals surface area contributed by atoms with E-state index in [1.807, 2.05) is 6.07 Å². The van der Waals surface area contributed by atoms with Gasteiger partial charge in [-0.25, -0.2) is 4.79 Å². The Morgan fingerprint density at radius 2 is 1.50 bits per heavy atom. The van der Waals surface area contributed by atoms with Crippen LogP contribution in [-0.4, -0.2) is 78.5 Å². The first kappa shape index (κ1) is 18.4. The lowest BCUT2D eigenvalue weighted by atomic mass is 10.3. The van der Waals surface area contributed by atoms with Crippen LogP contribution in [-0.2, 0) is 4.74 Å². The topological polar surface area (TPSA) is 99.0 Å². The second-order valence-electron chi connectivity index (χ2n) is 5.03. The molecule has 1 rings (SSSR count). The molecule has 0 radical (unpaired) electrons. The lowest BCUT2D eigenvalue weighted by Gasteiger charge is -2.37. The van der Waals surface area contributed by atoms with Crippen LogP contribution in [0.1, 0.15) is 0 Å². The van der Waals surface area contributed by atoms with Crippen molar-refractivity contribution in [1.82, 2.24) is 0 Å². The maximum absolute atomic E-state index is 11.7. The molecule has 0 atom stereocenters. The number of aliphatic hydroxyl groups is 3. The summed E-state index contributed by atoms with van der Waals surface area (Å²) < 4.78 is 5.44. The van der Waals surface area contributed by atoms with Crippen molar-refractivity contribution in [1.29, 1.82) is 0 Å². The fraction of sp³-hybridized carbons (Fsp3) is 0.533. The number of rotatable bonds is 10. The number of carbonyl (C=O) groups is 1. The summed E-state index contributed by atoms with van der Waals surface area (Å²) in [5.41, 5.74) is 0.648. The van der Waals surface area contributed by atoms with Crippen molar-refractivity contribution in [2.45, 2.75) is 0 Å². The molecule has 124 valence electrons. The highest BCUT2D eigenvalue weighted by atomic mass is 16.5. The van der Waals surface area contributed by atoms with E-state index in [1.165, 1.54) is 0 Å². The van der Waals surface area contributed by atoms with Gasteiger partial charge in [-0.05, 0) is 12.1 Å². The maximum atomic E-state index is 11.7. The second-order valence-corrected chi connectivity index (χ2v) is 5.03. The lowest BCUT2D eigenvalue weighted by molar-refractivity contribution is -0.929. The van der Waals surface area contributed by atoms with Crippen molar-refractivity contribution < 1.29 is 29.3 Å². The van der Waals surface area contributed by atoms with Gasteiger partial charge in [0.15, 0.2) is 0 Å². The van der Waals surface area contributed by atoms with Gasteiger partial charge in [0.25, 0.3) is 0 Å². The van der Waals surface area contributed by atoms with Gasteiger partial charge < -0.3 is 24.5 Å². The Labute approximate surface area is 130 Å². The minimum absolute atomic E-state index is 0.0593. The van der Waals surface area contributed by atoms with Gasteiger partial charge in [-0.3, -0.25) is 5.32 Å². The molecule has 7 nitrogen and oxygen atoms in total. The van der Waals surface area contributed by atoms with Gasteiger partial charge in [0.05, 0.1) is 19.8 Å². The highest BCUT2D eigenvalue weighted by Crippen LogP contribution is 2.08. The maximum Gasteiger partial charge on any atom is 0.411 e. The van der Waals surface area contributed by atoms with Gasteiger partial charge >= 0.3 is 6.09 Å². The average molecular weight is 313 g/mol. The summed E-state index contributed by atoms with van der Waals surface area (Å²) in [5, 5.41) is 30.1. The van der Waals surface area contributed by atoms with E-state index in [0.717, 1.165) is 0 Å². The van der Waals surface area contributed by atoms with E-state index in [1.54, 1.807) is 24.3 Å². The number of hydrogen-bond acceptors (Lipinski definition) is 5. The van der Waals surface area contributed by atoms with Gasteiger partial charge in [0.1, 0.15) is 32.8 Å². The predicted molar refractivity (Wildman–Crippen MR) is 82.4 cm³/mol. The Hall–Kier alpha value is -1.67. The smallest absolute Gasteiger partial charge is 0.411 e. The Kier molecular flexibility index (Phi) is 8.46. The largest absolute Gasteiger partial charge is 0.443 e. The molecular formula is C15H25N2O5+. The quantitative estimate of drug-likeness (QED) is 0.457. The number of nitrogens with one attached hydrogen (secondary N) is 1. The molecule has 0 spiro atoms. The third kappa shape index (κ3) is 6.40. The van der Waals surface area contributed by atoms with Crippen LogP contribution in [0.15, 0.2) is 30.3 Å². The molecule has 0 aliphatic rings. The lowest BCUT2D eigenvalue weighted by Crippen LogP contribution is -2.55. The molecular weight excluding hydrogens is 288 g/mol. The molecule has 0 bridgehead atoms. The number of amides is 1. The Morgan fingerprint density at radius 1 is 0.955 bits per heavy atom. The Morgan fingerprint density at radius 3 is 2.00 bits per heavy atom. The summed E-state index contributed by atoms with van der Waals surface area (Å²) in [5.74, 6) is 0. The van der Waals surface area contributed by atoms with Crippen molar-refractivity contribution in [3.05, 3.63) is 30.3 Å². The third-order valence-electron chi connectivity index (χ3n) is 3.54. The van der Waals surface area contributed by atoms with Gasteiger partial charge in [-0.15, -0.1) is 0 Å². The number of nitrogens with zero attached hydrogens (tertiary/aromatic N) is 1. The first-order chi connectivity index (χ1) is 10.7. The highest BCUT2D eigenvalue weighted by molar-refractivity contribution is 5.84. The summed E-state index contributed by atoms with van der Waals surface area (Å²) in [7, 11) is 0. The molecule has 0 aliphatic carbocycles.